The highest BCUT2D eigenvalue weighted by Gasteiger charge is 2.24. The molecule has 1 unspecified atom stereocenters. The molecule has 0 aromatic carbocycles. The van der Waals surface area contributed by atoms with Gasteiger partial charge in [0, 0.05) is 17.8 Å². The first-order chi connectivity index (χ1) is 9.28. The first-order valence-electron chi connectivity index (χ1n) is 7.93. The molecule has 0 amide bonds. The molecule has 4 heteroatoms. The summed E-state index contributed by atoms with van der Waals surface area (Å²) in [6.07, 6.45) is 3.72. The number of aliphatic imine (C=N–C) groups is 1. The van der Waals surface area contributed by atoms with E-state index in [-0.39, 0.29) is 0 Å². The number of unbranched alkanes of at least 4 members (excludes halogenated alkanes) is 1. The highest BCUT2D eigenvalue weighted by Crippen LogP contribution is 2.31. The minimum atomic E-state index is 0.407. The molecular weight excluding hydrogens is 266 g/mol. The Morgan fingerprint density at radius 3 is 2.65 bits per heavy atom. The Hall–Kier alpha value is -0.220. The van der Waals surface area contributed by atoms with Gasteiger partial charge in [-0.3, -0.25) is 4.99 Å². The Morgan fingerprint density at radius 1 is 1.35 bits per heavy atom. The van der Waals surface area contributed by atoms with Gasteiger partial charge in [-0.15, -0.1) is 0 Å². The zero-order chi connectivity index (χ0) is 15.2. The number of thioether (sulfide) groups is 1. The van der Waals surface area contributed by atoms with Crippen molar-refractivity contribution in [2.75, 3.05) is 26.7 Å². The third-order valence-corrected chi connectivity index (χ3v) is 4.80. The lowest BCUT2D eigenvalue weighted by Crippen LogP contribution is -2.28. The molecule has 1 N–H and O–H groups in total. The van der Waals surface area contributed by atoms with Crippen molar-refractivity contribution < 1.29 is 0 Å². The standard InChI is InChI=1S/C16H33N3S/c1-13(2)19(6)10-8-7-9-17-15-18-12-14(20-15)11-16(3,4)5/h13-14H,7-12H2,1-6H3,(H,17,18). The summed E-state index contributed by atoms with van der Waals surface area (Å²) in [6.45, 7) is 14.7. The van der Waals surface area contributed by atoms with Crippen LogP contribution in [-0.2, 0) is 0 Å². The van der Waals surface area contributed by atoms with Crippen LogP contribution in [0.3, 0.4) is 0 Å². The molecule has 1 heterocycles. The van der Waals surface area contributed by atoms with Crippen LogP contribution in [0.4, 0.5) is 0 Å². The number of rotatable bonds is 7. The lowest BCUT2D eigenvalue weighted by atomic mass is 9.90. The molecule has 0 spiro atoms. The number of nitrogens with one attached hydrogen (secondary N) is 1. The van der Waals surface area contributed by atoms with Crippen LogP contribution >= 0.6 is 11.8 Å². The molecule has 1 rings (SSSR count). The van der Waals surface area contributed by atoms with Crippen LogP contribution in [0.5, 0.6) is 0 Å². The SMILES string of the molecule is CC(C)N(C)CCCCNC1=NCC(CC(C)(C)C)S1. The highest BCUT2D eigenvalue weighted by atomic mass is 32.2. The molecule has 118 valence electrons. The van der Waals surface area contributed by atoms with Gasteiger partial charge >= 0.3 is 0 Å². The molecule has 1 atom stereocenters. The van der Waals surface area contributed by atoms with Crippen molar-refractivity contribution in [3.05, 3.63) is 0 Å². The Bertz CT molecular complexity index is 307. The van der Waals surface area contributed by atoms with Gasteiger partial charge in [-0.05, 0) is 52.1 Å². The van der Waals surface area contributed by atoms with Crippen LogP contribution in [0.15, 0.2) is 4.99 Å². The largest absolute Gasteiger partial charge is 0.365 e. The predicted molar refractivity (Wildman–Crippen MR) is 92.8 cm³/mol. The summed E-state index contributed by atoms with van der Waals surface area (Å²) in [7, 11) is 2.20. The number of amidine groups is 1. The van der Waals surface area contributed by atoms with E-state index in [0.29, 0.717) is 16.7 Å². The van der Waals surface area contributed by atoms with Crippen molar-refractivity contribution in [2.24, 2.45) is 10.4 Å². The average molecular weight is 300 g/mol. The van der Waals surface area contributed by atoms with Crippen molar-refractivity contribution in [1.82, 2.24) is 10.2 Å². The zero-order valence-electron chi connectivity index (χ0n) is 14.2. The second-order valence-corrected chi connectivity index (χ2v) is 8.65. The summed E-state index contributed by atoms with van der Waals surface area (Å²) in [5.74, 6) is 0. The van der Waals surface area contributed by atoms with Gasteiger partial charge in [-0.25, -0.2) is 0 Å². The third-order valence-electron chi connectivity index (χ3n) is 3.65. The highest BCUT2D eigenvalue weighted by molar-refractivity contribution is 8.14. The minimum Gasteiger partial charge on any atom is -0.365 e. The van der Waals surface area contributed by atoms with Gasteiger partial charge in [-0.1, -0.05) is 32.5 Å². The molecule has 20 heavy (non-hydrogen) atoms. The smallest absolute Gasteiger partial charge is 0.156 e. The Balaban J connectivity index is 2.07. The molecule has 0 fully saturated rings. The van der Waals surface area contributed by atoms with E-state index in [4.69, 9.17) is 0 Å². The topological polar surface area (TPSA) is 27.6 Å². The summed E-state index contributed by atoms with van der Waals surface area (Å²) in [4.78, 5) is 7.02. The second kappa shape index (κ2) is 8.28. The zero-order valence-corrected chi connectivity index (χ0v) is 15.0. The van der Waals surface area contributed by atoms with Gasteiger partial charge in [0.1, 0.15) is 0 Å². The first kappa shape index (κ1) is 17.8. The maximum atomic E-state index is 4.62. The molecule has 0 radical (unpaired) electrons. The summed E-state index contributed by atoms with van der Waals surface area (Å²) < 4.78 is 0. The van der Waals surface area contributed by atoms with Crippen LogP contribution in [0.25, 0.3) is 0 Å². The van der Waals surface area contributed by atoms with Gasteiger partial charge in [-0.2, -0.15) is 0 Å². The van der Waals surface area contributed by atoms with Crippen LogP contribution in [0, 0.1) is 5.41 Å². The molecule has 1 aliphatic heterocycles. The molecule has 0 saturated carbocycles. The second-order valence-electron chi connectivity index (χ2n) is 7.36. The van der Waals surface area contributed by atoms with Crippen molar-refractivity contribution in [3.8, 4) is 0 Å². The molecule has 0 aromatic heterocycles. The predicted octanol–water partition coefficient (Wildman–Crippen LogP) is 3.60. The van der Waals surface area contributed by atoms with Crippen molar-refractivity contribution in [3.63, 3.8) is 0 Å². The van der Waals surface area contributed by atoms with E-state index in [2.05, 4.69) is 56.9 Å². The molecule has 0 saturated heterocycles. The molecule has 0 bridgehead atoms. The fourth-order valence-corrected chi connectivity index (χ4v) is 3.63. The molecule has 1 aliphatic rings. The van der Waals surface area contributed by atoms with Crippen molar-refractivity contribution in [2.45, 2.75) is 65.2 Å². The van der Waals surface area contributed by atoms with Gasteiger partial charge < -0.3 is 10.2 Å². The Morgan fingerprint density at radius 2 is 2.05 bits per heavy atom. The van der Waals surface area contributed by atoms with Crippen LogP contribution in [-0.4, -0.2) is 48.0 Å². The van der Waals surface area contributed by atoms with Gasteiger partial charge in [0.15, 0.2) is 5.17 Å². The minimum absolute atomic E-state index is 0.407. The Kier molecular flexibility index (Phi) is 7.38. The average Bonchev–Trinajstić information content (AvgIpc) is 2.73. The first-order valence-corrected chi connectivity index (χ1v) is 8.81. The summed E-state index contributed by atoms with van der Waals surface area (Å²) >= 11 is 1.94. The molecule has 3 nitrogen and oxygen atoms in total. The fourth-order valence-electron chi connectivity index (χ4n) is 2.24. The lowest BCUT2D eigenvalue weighted by molar-refractivity contribution is 0.268. The Labute approximate surface area is 130 Å². The lowest BCUT2D eigenvalue weighted by Gasteiger charge is -2.21. The van der Waals surface area contributed by atoms with E-state index in [0.717, 1.165) is 18.3 Å². The number of nitrogens with zero attached hydrogens (tertiary/aromatic N) is 2. The van der Waals surface area contributed by atoms with E-state index in [9.17, 15) is 0 Å². The normalized spacial score (nSPS) is 19.8. The number of hydrogen-bond donors (Lipinski definition) is 1. The van der Waals surface area contributed by atoms with Crippen molar-refractivity contribution in [1.29, 1.82) is 0 Å². The van der Waals surface area contributed by atoms with Gasteiger partial charge in [0.2, 0.25) is 0 Å². The summed E-state index contributed by atoms with van der Waals surface area (Å²) in [6, 6.07) is 0.649. The van der Waals surface area contributed by atoms with Gasteiger partial charge in [0.25, 0.3) is 0 Å². The van der Waals surface area contributed by atoms with Crippen LogP contribution < -0.4 is 5.32 Å². The van der Waals surface area contributed by atoms with E-state index >= 15 is 0 Å². The fraction of sp³-hybridized carbons (Fsp3) is 0.938. The monoisotopic (exact) mass is 299 g/mol. The summed E-state index contributed by atoms with van der Waals surface area (Å²) in [5, 5.41) is 5.33. The van der Waals surface area contributed by atoms with Gasteiger partial charge in [0.05, 0.1) is 6.54 Å². The van der Waals surface area contributed by atoms with Crippen molar-refractivity contribution >= 4 is 16.9 Å². The van der Waals surface area contributed by atoms with Crippen LogP contribution in [0.2, 0.25) is 0 Å². The van der Waals surface area contributed by atoms with E-state index < -0.39 is 0 Å². The van der Waals surface area contributed by atoms with Crippen LogP contribution in [0.1, 0.15) is 53.9 Å². The number of hydrogen-bond acceptors (Lipinski definition) is 4. The molecule has 0 aliphatic carbocycles. The molecule has 0 aromatic rings. The van der Waals surface area contributed by atoms with E-state index in [1.165, 1.54) is 25.8 Å². The molecular formula is C16H33N3S. The maximum Gasteiger partial charge on any atom is 0.156 e. The summed E-state index contributed by atoms with van der Waals surface area (Å²) in [5.41, 5.74) is 0.407. The van der Waals surface area contributed by atoms with E-state index in [1.54, 1.807) is 0 Å². The van der Waals surface area contributed by atoms with E-state index in [1.807, 2.05) is 11.8 Å². The third kappa shape index (κ3) is 7.53. The quantitative estimate of drug-likeness (QED) is 0.728. The maximum absolute atomic E-state index is 4.62.